The molecule has 0 heterocycles. The van der Waals surface area contributed by atoms with Crippen LogP contribution in [0, 0.1) is 17.8 Å². The SMILES string of the molecule is CC1CCCCC1NC(=O)C(C)C1CCCC(N)C1. The smallest absolute Gasteiger partial charge is 0.223 e. The molecule has 0 bridgehead atoms. The molecule has 0 aliphatic heterocycles. The van der Waals surface area contributed by atoms with E-state index in [4.69, 9.17) is 5.73 Å². The second-order valence-electron chi connectivity index (χ2n) is 6.85. The first-order chi connectivity index (χ1) is 9.08. The molecule has 2 aliphatic carbocycles. The van der Waals surface area contributed by atoms with Gasteiger partial charge in [0.05, 0.1) is 0 Å². The van der Waals surface area contributed by atoms with Crippen LogP contribution in [0.2, 0.25) is 0 Å². The molecular weight excluding hydrogens is 236 g/mol. The summed E-state index contributed by atoms with van der Waals surface area (Å²) in [6, 6.07) is 0.712. The van der Waals surface area contributed by atoms with Crippen LogP contribution in [-0.4, -0.2) is 18.0 Å². The summed E-state index contributed by atoms with van der Waals surface area (Å²) in [5.41, 5.74) is 6.04. The lowest BCUT2D eigenvalue weighted by molar-refractivity contribution is -0.127. The van der Waals surface area contributed by atoms with Crippen LogP contribution in [0.5, 0.6) is 0 Å². The van der Waals surface area contributed by atoms with Gasteiger partial charge in [0, 0.05) is 18.0 Å². The first-order valence-corrected chi connectivity index (χ1v) is 8.14. The van der Waals surface area contributed by atoms with Crippen molar-refractivity contribution >= 4 is 5.91 Å². The fraction of sp³-hybridized carbons (Fsp3) is 0.938. The number of nitrogens with two attached hydrogens (primary N) is 1. The van der Waals surface area contributed by atoms with Crippen molar-refractivity contribution in [1.29, 1.82) is 0 Å². The Kier molecular flexibility index (Phi) is 5.26. The molecule has 0 saturated heterocycles. The molecule has 2 saturated carbocycles. The average molecular weight is 266 g/mol. The van der Waals surface area contributed by atoms with Gasteiger partial charge in [-0.3, -0.25) is 4.79 Å². The minimum Gasteiger partial charge on any atom is -0.353 e. The predicted octanol–water partition coefficient (Wildman–Crippen LogP) is 2.83. The molecule has 0 radical (unpaired) electrons. The van der Waals surface area contributed by atoms with E-state index in [0.29, 0.717) is 23.9 Å². The maximum absolute atomic E-state index is 12.4. The van der Waals surface area contributed by atoms with Crippen LogP contribution < -0.4 is 11.1 Å². The Morgan fingerprint density at radius 3 is 2.58 bits per heavy atom. The molecule has 2 rings (SSSR count). The number of hydrogen-bond acceptors (Lipinski definition) is 2. The predicted molar refractivity (Wildman–Crippen MR) is 78.7 cm³/mol. The lowest BCUT2D eigenvalue weighted by atomic mass is 9.78. The zero-order chi connectivity index (χ0) is 13.8. The van der Waals surface area contributed by atoms with E-state index in [-0.39, 0.29) is 11.8 Å². The molecule has 110 valence electrons. The third kappa shape index (κ3) is 3.95. The van der Waals surface area contributed by atoms with Gasteiger partial charge in [0.1, 0.15) is 0 Å². The van der Waals surface area contributed by atoms with Gasteiger partial charge in [-0.25, -0.2) is 0 Å². The Morgan fingerprint density at radius 1 is 1.16 bits per heavy atom. The second-order valence-corrected chi connectivity index (χ2v) is 6.85. The molecule has 2 aliphatic rings. The number of rotatable bonds is 3. The fourth-order valence-electron chi connectivity index (χ4n) is 3.78. The summed E-state index contributed by atoms with van der Waals surface area (Å²) in [5, 5.41) is 3.30. The van der Waals surface area contributed by atoms with E-state index in [1.807, 2.05) is 0 Å². The van der Waals surface area contributed by atoms with Crippen LogP contribution in [0.25, 0.3) is 0 Å². The summed E-state index contributed by atoms with van der Waals surface area (Å²) in [6.07, 6.45) is 9.50. The Labute approximate surface area is 117 Å². The highest BCUT2D eigenvalue weighted by Crippen LogP contribution is 2.30. The lowest BCUT2D eigenvalue weighted by Gasteiger charge is -2.34. The van der Waals surface area contributed by atoms with Crippen LogP contribution in [-0.2, 0) is 4.79 Å². The summed E-state index contributed by atoms with van der Waals surface area (Å²) in [6.45, 7) is 4.36. The molecule has 2 fully saturated rings. The van der Waals surface area contributed by atoms with Crippen molar-refractivity contribution in [2.24, 2.45) is 23.5 Å². The Bertz CT molecular complexity index is 305. The second kappa shape index (κ2) is 6.74. The van der Waals surface area contributed by atoms with E-state index < -0.39 is 0 Å². The third-order valence-corrected chi connectivity index (χ3v) is 5.32. The molecular formula is C16H30N2O. The number of hydrogen-bond donors (Lipinski definition) is 2. The maximum Gasteiger partial charge on any atom is 0.223 e. The van der Waals surface area contributed by atoms with Crippen LogP contribution in [0.1, 0.15) is 65.2 Å². The summed E-state index contributed by atoms with van der Waals surface area (Å²) in [7, 11) is 0. The molecule has 0 spiro atoms. The van der Waals surface area contributed by atoms with Crippen molar-refractivity contribution in [2.75, 3.05) is 0 Å². The van der Waals surface area contributed by atoms with Crippen molar-refractivity contribution in [1.82, 2.24) is 5.32 Å². The monoisotopic (exact) mass is 266 g/mol. The lowest BCUT2D eigenvalue weighted by Crippen LogP contribution is -2.45. The molecule has 0 aromatic rings. The van der Waals surface area contributed by atoms with Gasteiger partial charge >= 0.3 is 0 Å². The van der Waals surface area contributed by atoms with Crippen molar-refractivity contribution < 1.29 is 4.79 Å². The minimum absolute atomic E-state index is 0.125. The highest BCUT2D eigenvalue weighted by Gasteiger charge is 2.31. The standard InChI is InChI=1S/C16H30N2O/c1-11-6-3-4-9-15(11)18-16(19)12(2)13-7-5-8-14(17)10-13/h11-15H,3-10,17H2,1-2H3,(H,18,19). The van der Waals surface area contributed by atoms with E-state index in [1.54, 1.807) is 0 Å². The molecule has 3 nitrogen and oxygen atoms in total. The molecule has 3 N–H and O–H groups in total. The molecule has 1 amide bonds. The van der Waals surface area contributed by atoms with E-state index in [0.717, 1.165) is 19.3 Å². The molecule has 5 atom stereocenters. The largest absolute Gasteiger partial charge is 0.353 e. The van der Waals surface area contributed by atoms with Crippen LogP contribution in [0.15, 0.2) is 0 Å². The summed E-state index contributed by atoms with van der Waals surface area (Å²) < 4.78 is 0. The van der Waals surface area contributed by atoms with Gasteiger partial charge in [-0.1, -0.05) is 33.1 Å². The third-order valence-electron chi connectivity index (χ3n) is 5.32. The normalized spacial score (nSPS) is 37.6. The molecule has 3 heteroatoms. The minimum atomic E-state index is 0.125. The zero-order valence-electron chi connectivity index (χ0n) is 12.5. The van der Waals surface area contributed by atoms with E-state index in [1.165, 1.54) is 32.1 Å². The van der Waals surface area contributed by atoms with E-state index >= 15 is 0 Å². The fourth-order valence-corrected chi connectivity index (χ4v) is 3.78. The van der Waals surface area contributed by atoms with Crippen molar-refractivity contribution in [3.63, 3.8) is 0 Å². The summed E-state index contributed by atoms with van der Waals surface area (Å²) >= 11 is 0. The van der Waals surface area contributed by atoms with Gasteiger partial charge in [-0.15, -0.1) is 0 Å². The average Bonchev–Trinajstić information content (AvgIpc) is 2.40. The summed E-state index contributed by atoms with van der Waals surface area (Å²) in [5.74, 6) is 1.51. The van der Waals surface area contributed by atoms with Crippen LogP contribution in [0.4, 0.5) is 0 Å². The first-order valence-electron chi connectivity index (χ1n) is 8.14. The number of carbonyl (C=O) groups excluding carboxylic acids is 1. The molecule has 0 aromatic carbocycles. The Morgan fingerprint density at radius 2 is 1.89 bits per heavy atom. The van der Waals surface area contributed by atoms with Gasteiger partial charge in [0.15, 0.2) is 0 Å². The number of carbonyl (C=O) groups is 1. The van der Waals surface area contributed by atoms with Crippen molar-refractivity contribution in [3.05, 3.63) is 0 Å². The van der Waals surface area contributed by atoms with Gasteiger partial charge in [0.25, 0.3) is 0 Å². The molecule has 5 unspecified atom stereocenters. The zero-order valence-corrected chi connectivity index (χ0v) is 12.5. The topological polar surface area (TPSA) is 55.1 Å². The number of amides is 1. The first kappa shape index (κ1) is 14.8. The van der Waals surface area contributed by atoms with Gasteiger partial charge in [-0.2, -0.15) is 0 Å². The quantitative estimate of drug-likeness (QED) is 0.825. The van der Waals surface area contributed by atoms with Crippen molar-refractivity contribution in [2.45, 2.75) is 77.3 Å². The Balaban J connectivity index is 1.84. The van der Waals surface area contributed by atoms with Gasteiger partial charge in [-0.05, 0) is 43.9 Å². The number of nitrogens with one attached hydrogen (secondary N) is 1. The van der Waals surface area contributed by atoms with Crippen LogP contribution in [0.3, 0.4) is 0 Å². The van der Waals surface area contributed by atoms with Gasteiger partial charge in [0.2, 0.25) is 5.91 Å². The molecule has 19 heavy (non-hydrogen) atoms. The maximum atomic E-state index is 12.4. The Hall–Kier alpha value is -0.570. The van der Waals surface area contributed by atoms with E-state index in [2.05, 4.69) is 19.2 Å². The summed E-state index contributed by atoms with van der Waals surface area (Å²) in [4.78, 5) is 12.4. The van der Waals surface area contributed by atoms with Gasteiger partial charge < -0.3 is 11.1 Å². The highest BCUT2D eigenvalue weighted by atomic mass is 16.1. The highest BCUT2D eigenvalue weighted by molar-refractivity contribution is 5.79. The van der Waals surface area contributed by atoms with Crippen LogP contribution >= 0.6 is 0 Å². The molecule has 0 aromatic heterocycles. The van der Waals surface area contributed by atoms with Crippen molar-refractivity contribution in [3.8, 4) is 0 Å². The van der Waals surface area contributed by atoms with E-state index in [9.17, 15) is 4.79 Å².